The molecule has 1 aromatic rings. The van der Waals surface area contributed by atoms with Gasteiger partial charge in [-0.25, -0.2) is 4.79 Å². The maximum atomic E-state index is 13.0. The third-order valence-electron chi connectivity index (χ3n) is 5.49. The highest BCUT2D eigenvalue weighted by molar-refractivity contribution is 5.95. The Morgan fingerprint density at radius 1 is 1.12 bits per heavy atom. The zero-order chi connectivity index (χ0) is 23.7. The Labute approximate surface area is 190 Å². The normalized spacial score (nSPS) is 20.3. The van der Waals surface area contributed by atoms with Gasteiger partial charge in [0.05, 0.1) is 30.9 Å². The highest BCUT2D eigenvalue weighted by Crippen LogP contribution is 2.25. The van der Waals surface area contributed by atoms with Crippen molar-refractivity contribution in [2.75, 3.05) is 6.61 Å². The SMILES string of the molecule is C=Cc1ccc(C(=O)N[C@H]2CC(C(=O)OCC)=C[C@@H](OC(CC)CC)[C@@H]2NC(C)=O)cc1. The number of ether oxygens (including phenoxy) is 2. The molecule has 0 aliphatic heterocycles. The molecule has 7 heteroatoms. The summed E-state index contributed by atoms with van der Waals surface area (Å²) in [6.07, 6.45) is 4.60. The summed E-state index contributed by atoms with van der Waals surface area (Å²) in [7, 11) is 0. The van der Waals surface area contributed by atoms with Crippen molar-refractivity contribution >= 4 is 23.9 Å². The number of hydrogen-bond acceptors (Lipinski definition) is 5. The molecule has 2 rings (SSSR count). The number of carbonyl (C=O) groups is 3. The molecule has 7 nitrogen and oxygen atoms in total. The molecule has 2 amide bonds. The van der Waals surface area contributed by atoms with Gasteiger partial charge in [0.2, 0.25) is 5.91 Å². The number of nitrogens with one attached hydrogen (secondary N) is 2. The van der Waals surface area contributed by atoms with Crippen molar-refractivity contribution in [3.8, 4) is 0 Å². The van der Waals surface area contributed by atoms with Gasteiger partial charge in [-0.1, -0.05) is 38.6 Å². The molecular weight excluding hydrogens is 408 g/mol. The number of rotatable bonds is 10. The van der Waals surface area contributed by atoms with Crippen molar-refractivity contribution in [1.29, 1.82) is 0 Å². The molecule has 1 aromatic carbocycles. The Kier molecular flexibility index (Phi) is 9.65. The molecule has 2 N–H and O–H groups in total. The third-order valence-corrected chi connectivity index (χ3v) is 5.49. The van der Waals surface area contributed by atoms with E-state index in [0.717, 1.165) is 18.4 Å². The smallest absolute Gasteiger partial charge is 0.333 e. The molecule has 0 saturated carbocycles. The highest BCUT2D eigenvalue weighted by Gasteiger charge is 2.38. The van der Waals surface area contributed by atoms with Crippen LogP contribution in [0, 0.1) is 0 Å². The number of esters is 1. The highest BCUT2D eigenvalue weighted by atomic mass is 16.5. The van der Waals surface area contributed by atoms with Crippen LogP contribution in [0.15, 0.2) is 42.5 Å². The molecule has 174 valence electrons. The lowest BCUT2D eigenvalue weighted by molar-refractivity contribution is -0.139. The van der Waals surface area contributed by atoms with Crippen LogP contribution in [0.5, 0.6) is 0 Å². The molecule has 1 aliphatic carbocycles. The second-order valence-electron chi connectivity index (χ2n) is 7.79. The predicted molar refractivity (Wildman–Crippen MR) is 124 cm³/mol. The van der Waals surface area contributed by atoms with Gasteiger partial charge in [0, 0.05) is 24.5 Å². The first-order valence-electron chi connectivity index (χ1n) is 11.2. The summed E-state index contributed by atoms with van der Waals surface area (Å²) in [5.74, 6) is -0.982. The molecule has 0 saturated heterocycles. The lowest BCUT2D eigenvalue weighted by Gasteiger charge is -2.38. The first-order chi connectivity index (χ1) is 15.3. The summed E-state index contributed by atoms with van der Waals surface area (Å²) >= 11 is 0. The quantitative estimate of drug-likeness (QED) is 0.542. The molecular formula is C25H34N2O5. The zero-order valence-electron chi connectivity index (χ0n) is 19.4. The van der Waals surface area contributed by atoms with E-state index in [1.807, 2.05) is 13.8 Å². The second kappa shape index (κ2) is 12.2. The van der Waals surface area contributed by atoms with Crippen molar-refractivity contribution < 1.29 is 23.9 Å². The van der Waals surface area contributed by atoms with E-state index < -0.39 is 24.2 Å². The van der Waals surface area contributed by atoms with Gasteiger partial charge in [0.1, 0.15) is 0 Å². The standard InChI is InChI=1S/C25H34N2O5/c1-6-17-10-12-18(13-11-17)24(29)27-21-14-19(25(30)31-9-4)15-22(23(21)26-16(5)28)32-20(7-2)8-3/h6,10-13,15,20-23H,1,7-9,14H2,2-5H3,(H,26,28)(H,27,29)/t21-,22+,23+/m0/s1. The molecule has 0 aromatic heterocycles. The van der Waals surface area contributed by atoms with Crippen molar-refractivity contribution in [2.45, 2.75) is 71.2 Å². The fourth-order valence-corrected chi connectivity index (χ4v) is 3.75. The van der Waals surface area contributed by atoms with Crippen molar-refractivity contribution in [1.82, 2.24) is 10.6 Å². The lowest BCUT2D eigenvalue weighted by Crippen LogP contribution is -2.59. The maximum Gasteiger partial charge on any atom is 0.333 e. The van der Waals surface area contributed by atoms with Crippen molar-refractivity contribution in [2.24, 2.45) is 0 Å². The fourth-order valence-electron chi connectivity index (χ4n) is 3.75. The summed E-state index contributed by atoms with van der Waals surface area (Å²) in [4.78, 5) is 37.4. The summed E-state index contributed by atoms with van der Waals surface area (Å²) in [6, 6.07) is 5.96. The molecule has 0 spiro atoms. The van der Waals surface area contributed by atoms with E-state index in [4.69, 9.17) is 9.47 Å². The van der Waals surface area contributed by atoms with E-state index in [0.29, 0.717) is 11.1 Å². The Balaban J connectivity index is 2.35. The zero-order valence-corrected chi connectivity index (χ0v) is 19.4. The first-order valence-corrected chi connectivity index (χ1v) is 11.2. The largest absolute Gasteiger partial charge is 0.463 e. The van der Waals surface area contributed by atoms with E-state index >= 15 is 0 Å². The van der Waals surface area contributed by atoms with Crippen LogP contribution < -0.4 is 10.6 Å². The molecule has 1 aliphatic rings. The van der Waals surface area contributed by atoms with E-state index in [-0.39, 0.29) is 30.9 Å². The third kappa shape index (κ3) is 6.79. The van der Waals surface area contributed by atoms with Crippen LogP contribution >= 0.6 is 0 Å². The molecule has 0 radical (unpaired) electrons. The second-order valence-corrected chi connectivity index (χ2v) is 7.79. The minimum absolute atomic E-state index is 0.0446. The molecule has 0 fully saturated rings. The Morgan fingerprint density at radius 3 is 2.31 bits per heavy atom. The number of carbonyl (C=O) groups excluding carboxylic acids is 3. The summed E-state index contributed by atoms with van der Waals surface area (Å²) in [6.45, 7) is 11.2. The number of amides is 2. The Bertz CT molecular complexity index is 842. The summed E-state index contributed by atoms with van der Waals surface area (Å²) < 4.78 is 11.4. The molecule has 0 unspecified atom stereocenters. The van der Waals surface area contributed by atoms with Gasteiger partial charge < -0.3 is 20.1 Å². The Morgan fingerprint density at radius 2 is 1.78 bits per heavy atom. The van der Waals surface area contributed by atoms with Crippen LogP contribution in [-0.2, 0) is 19.1 Å². The lowest BCUT2D eigenvalue weighted by atomic mass is 9.87. The van der Waals surface area contributed by atoms with Crippen LogP contribution in [0.2, 0.25) is 0 Å². The maximum absolute atomic E-state index is 13.0. The van der Waals surface area contributed by atoms with Gasteiger partial charge in [-0.2, -0.15) is 0 Å². The molecule has 32 heavy (non-hydrogen) atoms. The van der Waals surface area contributed by atoms with Gasteiger partial charge in [0.25, 0.3) is 5.91 Å². The van der Waals surface area contributed by atoms with Gasteiger partial charge in [-0.15, -0.1) is 0 Å². The monoisotopic (exact) mass is 442 g/mol. The average molecular weight is 443 g/mol. The minimum atomic E-state index is -0.578. The Hall–Kier alpha value is -2.93. The van der Waals surface area contributed by atoms with Gasteiger partial charge in [-0.3, -0.25) is 9.59 Å². The predicted octanol–water partition coefficient (Wildman–Crippen LogP) is 3.40. The molecule has 3 atom stereocenters. The van der Waals surface area contributed by atoms with Gasteiger partial charge in [-0.05, 0) is 43.5 Å². The summed E-state index contributed by atoms with van der Waals surface area (Å²) in [5.41, 5.74) is 1.81. The molecule has 0 heterocycles. The van der Waals surface area contributed by atoms with Crippen LogP contribution in [0.4, 0.5) is 0 Å². The van der Waals surface area contributed by atoms with Crippen molar-refractivity contribution in [3.63, 3.8) is 0 Å². The van der Waals surface area contributed by atoms with Crippen molar-refractivity contribution in [3.05, 3.63) is 53.6 Å². The van der Waals surface area contributed by atoms with Crippen LogP contribution in [0.25, 0.3) is 6.08 Å². The summed E-state index contributed by atoms with van der Waals surface area (Å²) in [5, 5.41) is 5.90. The van der Waals surface area contributed by atoms with Crippen LogP contribution in [0.3, 0.4) is 0 Å². The average Bonchev–Trinajstić information content (AvgIpc) is 2.78. The topological polar surface area (TPSA) is 93.7 Å². The number of hydrogen-bond donors (Lipinski definition) is 2. The molecule has 0 bridgehead atoms. The van der Waals surface area contributed by atoms with E-state index in [9.17, 15) is 14.4 Å². The fraction of sp³-hybridized carbons (Fsp3) is 0.480. The first kappa shape index (κ1) is 25.3. The van der Waals surface area contributed by atoms with Gasteiger partial charge >= 0.3 is 5.97 Å². The van der Waals surface area contributed by atoms with Crippen LogP contribution in [0.1, 0.15) is 62.9 Å². The van der Waals surface area contributed by atoms with E-state index in [1.54, 1.807) is 43.3 Å². The van der Waals surface area contributed by atoms with E-state index in [1.165, 1.54) is 6.92 Å². The minimum Gasteiger partial charge on any atom is -0.463 e. The van der Waals surface area contributed by atoms with E-state index in [2.05, 4.69) is 17.2 Å². The van der Waals surface area contributed by atoms with Crippen LogP contribution in [-0.4, -0.2) is 48.7 Å². The number of benzene rings is 1. The van der Waals surface area contributed by atoms with Gasteiger partial charge in [0.15, 0.2) is 0 Å².